The number of hydrogen-bond donors (Lipinski definition) is 1. The van der Waals surface area contributed by atoms with Crippen LogP contribution >= 0.6 is 11.5 Å². The van der Waals surface area contributed by atoms with Gasteiger partial charge in [0, 0.05) is 70.6 Å². The summed E-state index contributed by atoms with van der Waals surface area (Å²) >= 11 is 1.50. The van der Waals surface area contributed by atoms with Crippen LogP contribution in [0.3, 0.4) is 0 Å². The van der Waals surface area contributed by atoms with Crippen molar-refractivity contribution >= 4 is 22.6 Å². The van der Waals surface area contributed by atoms with Crippen molar-refractivity contribution in [2.75, 3.05) is 38.1 Å². The summed E-state index contributed by atoms with van der Waals surface area (Å²) in [6, 6.07) is 0. The maximum Gasteiger partial charge on any atom is 0.205 e. The molecule has 0 radical (unpaired) electrons. The van der Waals surface area contributed by atoms with Crippen LogP contribution in [0, 0.1) is 0 Å². The van der Waals surface area contributed by atoms with Crippen molar-refractivity contribution in [3.05, 3.63) is 24.0 Å². The van der Waals surface area contributed by atoms with E-state index < -0.39 is 0 Å². The maximum atomic E-state index is 4.58. The average molecular weight is 348 g/mol. The molecule has 0 bridgehead atoms. The lowest BCUT2D eigenvalue weighted by molar-refractivity contribution is 0.371. The summed E-state index contributed by atoms with van der Waals surface area (Å²) in [5.41, 5.74) is 0. The molecule has 2 aromatic heterocycles. The summed E-state index contributed by atoms with van der Waals surface area (Å²) in [6.07, 6.45) is 4.65. The summed E-state index contributed by atoms with van der Waals surface area (Å²) in [7, 11) is 3.82. The van der Waals surface area contributed by atoms with Crippen molar-refractivity contribution in [2.45, 2.75) is 19.9 Å². The van der Waals surface area contributed by atoms with Crippen LogP contribution in [0.5, 0.6) is 0 Å². The molecule has 1 N–H and O–H groups in total. The first-order valence-electron chi connectivity index (χ1n) is 8.20. The van der Waals surface area contributed by atoms with E-state index in [1.165, 1.54) is 11.5 Å². The van der Waals surface area contributed by atoms with Crippen molar-refractivity contribution in [1.82, 2.24) is 29.1 Å². The molecule has 1 aliphatic heterocycles. The monoisotopic (exact) mass is 348 g/mol. The number of anilines is 1. The number of nitrogens with one attached hydrogen (secondary N) is 1. The Kier molecular flexibility index (Phi) is 5.29. The smallest absolute Gasteiger partial charge is 0.205 e. The molecule has 0 aliphatic carbocycles. The predicted octanol–water partition coefficient (Wildman–Crippen LogP) is 0.732. The number of imidazole rings is 1. The molecule has 0 atom stereocenters. The van der Waals surface area contributed by atoms with E-state index in [1.54, 1.807) is 0 Å². The van der Waals surface area contributed by atoms with Gasteiger partial charge in [-0.2, -0.15) is 4.37 Å². The number of aliphatic imine (C=N–C) groups is 1. The fraction of sp³-hybridized carbons (Fsp3) is 0.600. The second-order valence-corrected chi connectivity index (χ2v) is 6.41. The quantitative estimate of drug-likeness (QED) is 0.649. The van der Waals surface area contributed by atoms with Gasteiger partial charge >= 0.3 is 0 Å². The number of hydrogen-bond acceptors (Lipinski definition) is 6. The summed E-state index contributed by atoms with van der Waals surface area (Å²) in [5, 5.41) is 4.43. The van der Waals surface area contributed by atoms with E-state index in [-0.39, 0.29) is 0 Å². The molecule has 1 saturated heterocycles. The highest BCUT2D eigenvalue weighted by atomic mass is 32.1. The van der Waals surface area contributed by atoms with Gasteiger partial charge in [-0.25, -0.2) is 9.97 Å². The molecular formula is C15H24N8S. The minimum atomic E-state index is 0.673. The number of aryl methyl sites for hydroxylation is 2. The fourth-order valence-corrected chi connectivity index (χ4v) is 3.48. The highest BCUT2D eigenvalue weighted by Crippen LogP contribution is 2.19. The lowest BCUT2D eigenvalue weighted by Crippen LogP contribution is -2.52. The Morgan fingerprint density at radius 2 is 2.12 bits per heavy atom. The molecule has 24 heavy (non-hydrogen) atoms. The van der Waals surface area contributed by atoms with Gasteiger partial charge in [0.2, 0.25) is 5.13 Å². The normalized spacial score (nSPS) is 15.9. The van der Waals surface area contributed by atoms with Crippen LogP contribution in [0.4, 0.5) is 5.13 Å². The van der Waals surface area contributed by atoms with Crippen LogP contribution in [0.1, 0.15) is 18.6 Å². The maximum absolute atomic E-state index is 4.58. The minimum Gasteiger partial charge on any atom is -0.349 e. The van der Waals surface area contributed by atoms with E-state index >= 15 is 0 Å². The van der Waals surface area contributed by atoms with Gasteiger partial charge in [-0.1, -0.05) is 6.92 Å². The van der Waals surface area contributed by atoms with Gasteiger partial charge in [-0.15, -0.1) is 0 Å². The van der Waals surface area contributed by atoms with E-state index in [0.29, 0.717) is 6.54 Å². The van der Waals surface area contributed by atoms with Crippen molar-refractivity contribution in [3.63, 3.8) is 0 Å². The number of nitrogens with zero attached hydrogens (tertiary/aromatic N) is 7. The second kappa shape index (κ2) is 7.61. The van der Waals surface area contributed by atoms with Crippen LogP contribution in [0.25, 0.3) is 0 Å². The van der Waals surface area contributed by atoms with Crippen LogP contribution in [-0.4, -0.2) is 63.0 Å². The Labute approximate surface area is 146 Å². The van der Waals surface area contributed by atoms with Crippen molar-refractivity contribution < 1.29 is 0 Å². The molecular weight excluding hydrogens is 324 g/mol. The summed E-state index contributed by atoms with van der Waals surface area (Å²) < 4.78 is 6.39. The first-order chi connectivity index (χ1) is 11.7. The first-order valence-corrected chi connectivity index (χ1v) is 8.98. The predicted molar refractivity (Wildman–Crippen MR) is 96.5 cm³/mol. The van der Waals surface area contributed by atoms with Gasteiger partial charge in [0.25, 0.3) is 0 Å². The number of aromatic nitrogens is 4. The Bertz CT molecular complexity index is 683. The topological polar surface area (TPSA) is 74.5 Å². The fourth-order valence-electron chi connectivity index (χ4n) is 2.68. The van der Waals surface area contributed by atoms with E-state index in [4.69, 9.17) is 0 Å². The van der Waals surface area contributed by atoms with E-state index in [9.17, 15) is 0 Å². The molecule has 3 heterocycles. The molecule has 0 spiro atoms. The van der Waals surface area contributed by atoms with Gasteiger partial charge in [0.05, 0.1) is 6.54 Å². The van der Waals surface area contributed by atoms with E-state index in [0.717, 1.165) is 55.3 Å². The molecule has 1 fully saturated rings. The van der Waals surface area contributed by atoms with Crippen LogP contribution in [0.2, 0.25) is 0 Å². The van der Waals surface area contributed by atoms with Crippen molar-refractivity contribution in [2.24, 2.45) is 12.0 Å². The van der Waals surface area contributed by atoms with Gasteiger partial charge < -0.3 is 19.7 Å². The highest BCUT2D eigenvalue weighted by Gasteiger charge is 2.22. The summed E-state index contributed by atoms with van der Waals surface area (Å²) in [4.78, 5) is 17.9. The summed E-state index contributed by atoms with van der Waals surface area (Å²) in [6.45, 7) is 6.46. The zero-order valence-corrected chi connectivity index (χ0v) is 15.3. The van der Waals surface area contributed by atoms with E-state index in [1.807, 2.05) is 31.1 Å². The molecule has 1 aliphatic rings. The lowest BCUT2D eigenvalue weighted by Gasteiger charge is -2.36. The largest absolute Gasteiger partial charge is 0.349 e. The third-order valence-electron chi connectivity index (χ3n) is 4.16. The SMILES string of the molecule is CCc1nsc(N2CCN(C(=NC)NCc3nccn3C)CC2)n1. The summed E-state index contributed by atoms with van der Waals surface area (Å²) in [5.74, 6) is 2.85. The Hall–Kier alpha value is -2.16. The molecule has 0 aromatic carbocycles. The van der Waals surface area contributed by atoms with Gasteiger partial charge in [0.15, 0.2) is 5.96 Å². The zero-order chi connectivity index (χ0) is 16.9. The molecule has 0 unspecified atom stereocenters. The van der Waals surface area contributed by atoms with Crippen molar-refractivity contribution in [1.29, 1.82) is 0 Å². The highest BCUT2D eigenvalue weighted by molar-refractivity contribution is 7.09. The molecule has 0 amide bonds. The number of piperazine rings is 1. The molecule has 130 valence electrons. The second-order valence-electron chi connectivity index (χ2n) is 5.68. The zero-order valence-electron chi connectivity index (χ0n) is 14.4. The molecule has 0 saturated carbocycles. The Balaban J connectivity index is 1.53. The third kappa shape index (κ3) is 3.66. The van der Waals surface area contributed by atoms with E-state index in [2.05, 4.69) is 41.4 Å². The minimum absolute atomic E-state index is 0.673. The van der Waals surface area contributed by atoms with Crippen LogP contribution < -0.4 is 10.2 Å². The Morgan fingerprint density at radius 3 is 2.71 bits per heavy atom. The third-order valence-corrected chi connectivity index (χ3v) is 4.98. The van der Waals surface area contributed by atoms with Gasteiger partial charge in [0.1, 0.15) is 11.6 Å². The molecule has 3 rings (SSSR count). The molecule has 8 nitrogen and oxygen atoms in total. The molecule has 2 aromatic rings. The van der Waals surface area contributed by atoms with Crippen LogP contribution in [0.15, 0.2) is 17.4 Å². The standard InChI is InChI=1S/C15H24N8S/c1-4-12-19-15(24-20-12)23-9-7-22(8-10-23)14(16-2)18-11-13-17-5-6-21(13)3/h5-6H,4,7-11H2,1-3H3,(H,16,18). The van der Waals surface area contributed by atoms with Gasteiger partial charge in [-0.05, 0) is 0 Å². The van der Waals surface area contributed by atoms with Crippen LogP contribution in [-0.2, 0) is 20.0 Å². The first kappa shape index (κ1) is 16.7. The van der Waals surface area contributed by atoms with Crippen molar-refractivity contribution in [3.8, 4) is 0 Å². The number of rotatable bonds is 4. The van der Waals surface area contributed by atoms with Gasteiger partial charge in [-0.3, -0.25) is 4.99 Å². The molecule has 9 heteroatoms. The average Bonchev–Trinajstić information content (AvgIpc) is 3.25. The number of guanidine groups is 1. The Morgan fingerprint density at radius 1 is 1.33 bits per heavy atom. The lowest BCUT2D eigenvalue weighted by atomic mass is 10.3.